The Morgan fingerprint density at radius 2 is 1.44 bits per heavy atom. The first kappa shape index (κ1) is 31.6. The number of rotatable bonds is 6. The Hall–Kier alpha value is -4.97. The second kappa shape index (κ2) is 14.0. The highest BCUT2D eigenvalue weighted by Gasteiger charge is 2.46. The van der Waals surface area contributed by atoms with E-state index in [1.54, 1.807) is 0 Å². The van der Waals surface area contributed by atoms with E-state index in [9.17, 15) is 0 Å². The SMILES string of the molecule is C=C1/C=C\C=C/CC2(C3=C(C=CCC=C3)N1/C(C)=C/C=C\CC)c1ccccc1-c1ccc(P(c3ccccc3)c3ccccc3)cc12. The molecule has 2 aliphatic carbocycles. The first-order valence-corrected chi connectivity index (χ1v) is 18.4. The topological polar surface area (TPSA) is 3.24 Å². The number of allylic oxidation sites excluding steroid dienone is 13. The van der Waals surface area contributed by atoms with Crippen molar-refractivity contribution in [2.24, 2.45) is 0 Å². The van der Waals surface area contributed by atoms with E-state index in [1.165, 1.54) is 49.4 Å². The molecule has 0 aromatic heterocycles. The molecule has 4 aromatic carbocycles. The fraction of sp³-hybridized carbons (Fsp3) is 0.130. The van der Waals surface area contributed by atoms with Crippen LogP contribution < -0.4 is 15.9 Å². The van der Waals surface area contributed by atoms with Crippen molar-refractivity contribution < 1.29 is 0 Å². The third-order valence-corrected chi connectivity index (χ3v) is 12.0. The minimum atomic E-state index is -0.766. The first-order chi connectivity index (χ1) is 23.6. The van der Waals surface area contributed by atoms with Crippen LogP contribution in [0.5, 0.6) is 0 Å². The molecule has 1 unspecified atom stereocenters. The van der Waals surface area contributed by atoms with Crippen molar-refractivity contribution in [2.45, 2.75) is 38.5 Å². The summed E-state index contributed by atoms with van der Waals surface area (Å²) in [6, 6.07) is 38.5. The molecule has 1 aliphatic heterocycles. The lowest BCUT2D eigenvalue weighted by molar-refractivity contribution is 0.531. The van der Waals surface area contributed by atoms with Gasteiger partial charge in [-0.25, -0.2) is 0 Å². The van der Waals surface area contributed by atoms with Crippen molar-refractivity contribution >= 4 is 23.8 Å². The molecular formula is C46H42NP. The Kier molecular flexibility index (Phi) is 9.24. The van der Waals surface area contributed by atoms with Crippen molar-refractivity contribution in [3.05, 3.63) is 210 Å². The van der Waals surface area contributed by atoms with E-state index >= 15 is 0 Å². The maximum Gasteiger partial charge on any atom is 0.0518 e. The Labute approximate surface area is 287 Å². The Bertz CT molecular complexity index is 2000. The van der Waals surface area contributed by atoms with Gasteiger partial charge in [-0.3, -0.25) is 0 Å². The first-order valence-electron chi connectivity index (χ1n) is 17.0. The second-order valence-corrected chi connectivity index (χ2v) is 14.7. The fourth-order valence-corrected chi connectivity index (χ4v) is 9.76. The smallest absolute Gasteiger partial charge is 0.0518 e. The van der Waals surface area contributed by atoms with E-state index < -0.39 is 13.3 Å². The van der Waals surface area contributed by atoms with Crippen LogP contribution >= 0.6 is 7.92 Å². The average Bonchev–Trinajstić information content (AvgIpc) is 3.22. The molecule has 1 heterocycles. The summed E-state index contributed by atoms with van der Waals surface area (Å²) in [6.07, 6.45) is 27.5. The van der Waals surface area contributed by atoms with Gasteiger partial charge in [-0.05, 0) is 102 Å². The van der Waals surface area contributed by atoms with Crippen LogP contribution in [-0.4, -0.2) is 4.90 Å². The van der Waals surface area contributed by atoms with Crippen molar-refractivity contribution in [1.29, 1.82) is 0 Å². The zero-order chi connectivity index (χ0) is 32.9. The molecule has 2 heteroatoms. The number of fused-ring (bicyclic) bond motifs is 6. The van der Waals surface area contributed by atoms with Crippen molar-refractivity contribution in [3.8, 4) is 11.1 Å². The molecule has 0 amide bonds. The van der Waals surface area contributed by atoms with Gasteiger partial charge in [0.2, 0.25) is 0 Å². The molecule has 1 spiro atoms. The van der Waals surface area contributed by atoms with Gasteiger partial charge in [-0.2, -0.15) is 0 Å². The Morgan fingerprint density at radius 3 is 2.19 bits per heavy atom. The van der Waals surface area contributed by atoms with Gasteiger partial charge in [0, 0.05) is 17.1 Å². The largest absolute Gasteiger partial charge is 0.315 e. The lowest BCUT2D eigenvalue weighted by Gasteiger charge is -2.38. The van der Waals surface area contributed by atoms with Crippen LogP contribution in [0.3, 0.4) is 0 Å². The highest BCUT2D eigenvalue weighted by molar-refractivity contribution is 7.79. The van der Waals surface area contributed by atoms with Crippen LogP contribution in [0.25, 0.3) is 11.1 Å². The fourth-order valence-electron chi connectivity index (χ4n) is 7.44. The zero-order valence-electron chi connectivity index (χ0n) is 27.9. The minimum Gasteiger partial charge on any atom is -0.315 e. The molecule has 0 N–H and O–H groups in total. The number of hydrogen-bond donors (Lipinski definition) is 0. The summed E-state index contributed by atoms with van der Waals surface area (Å²) in [5.41, 5.74) is 9.53. The maximum absolute atomic E-state index is 4.60. The third kappa shape index (κ3) is 5.74. The monoisotopic (exact) mass is 639 g/mol. The van der Waals surface area contributed by atoms with Gasteiger partial charge in [0.1, 0.15) is 0 Å². The molecular weight excluding hydrogens is 597 g/mol. The molecule has 7 rings (SSSR count). The van der Waals surface area contributed by atoms with Gasteiger partial charge < -0.3 is 4.90 Å². The van der Waals surface area contributed by atoms with E-state index in [4.69, 9.17) is 0 Å². The molecule has 0 fully saturated rings. The average molecular weight is 640 g/mol. The maximum atomic E-state index is 4.60. The summed E-state index contributed by atoms with van der Waals surface area (Å²) in [5, 5.41) is 4.09. The quantitative estimate of drug-likeness (QED) is 0.150. The van der Waals surface area contributed by atoms with Crippen LogP contribution in [0, 0.1) is 0 Å². The second-order valence-electron chi connectivity index (χ2n) is 12.5. The van der Waals surface area contributed by atoms with E-state index in [-0.39, 0.29) is 0 Å². The summed E-state index contributed by atoms with van der Waals surface area (Å²) in [7, 11) is -0.766. The summed E-state index contributed by atoms with van der Waals surface area (Å²) in [4.78, 5) is 2.35. The highest BCUT2D eigenvalue weighted by Crippen LogP contribution is 2.57. The molecule has 0 saturated carbocycles. The van der Waals surface area contributed by atoms with Gasteiger partial charge in [0.25, 0.3) is 0 Å². The predicted molar refractivity (Wildman–Crippen MR) is 208 cm³/mol. The van der Waals surface area contributed by atoms with E-state index in [1.807, 2.05) is 0 Å². The van der Waals surface area contributed by atoms with Crippen LogP contribution in [-0.2, 0) is 5.41 Å². The molecule has 0 bridgehead atoms. The van der Waals surface area contributed by atoms with Crippen LogP contribution in [0.4, 0.5) is 0 Å². The standard InChI is InChI=1S/C46H42NP/c1-4-5-10-21-35(2)47-36(3)22-11-9-20-33-46(43-29-16-8-17-30-45(43)47)42-28-19-18-27-40(42)41-32-31-39(34-44(41)46)48(37-23-12-6-13-24-37)38-25-14-7-15-26-38/h5-7,9-32,34H,3-4,8,33H2,1-2H3/b10-5-,20-9-,22-11-,35-21+. The van der Waals surface area contributed by atoms with Crippen LogP contribution in [0.2, 0.25) is 0 Å². The molecule has 1 atom stereocenters. The lowest BCUT2D eigenvalue weighted by atomic mass is 9.68. The molecule has 4 aromatic rings. The summed E-state index contributed by atoms with van der Waals surface area (Å²) in [6.45, 7) is 8.97. The number of benzene rings is 4. The van der Waals surface area contributed by atoms with Crippen molar-refractivity contribution in [2.75, 3.05) is 0 Å². The van der Waals surface area contributed by atoms with Gasteiger partial charge in [-0.15, -0.1) is 0 Å². The van der Waals surface area contributed by atoms with Gasteiger partial charge in [0.05, 0.1) is 5.41 Å². The van der Waals surface area contributed by atoms with Crippen LogP contribution in [0.15, 0.2) is 199 Å². The van der Waals surface area contributed by atoms with E-state index in [2.05, 4.69) is 195 Å². The summed E-state index contributed by atoms with van der Waals surface area (Å²) < 4.78 is 0. The Morgan fingerprint density at radius 1 is 0.750 bits per heavy atom. The molecule has 0 saturated heterocycles. The number of hydrogen-bond acceptors (Lipinski definition) is 1. The number of nitrogens with zero attached hydrogens (tertiary/aromatic N) is 1. The third-order valence-electron chi connectivity index (χ3n) is 9.54. The molecule has 48 heavy (non-hydrogen) atoms. The predicted octanol–water partition coefficient (Wildman–Crippen LogP) is 10.7. The Balaban J connectivity index is 1.54. The van der Waals surface area contributed by atoms with Gasteiger partial charge in [-0.1, -0.05) is 159 Å². The minimum absolute atomic E-state index is 0.406. The van der Waals surface area contributed by atoms with E-state index in [0.29, 0.717) is 0 Å². The van der Waals surface area contributed by atoms with Crippen molar-refractivity contribution in [3.63, 3.8) is 0 Å². The summed E-state index contributed by atoms with van der Waals surface area (Å²) >= 11 is 0. The van der Waals surface area contributed by atoms with Gasteiger partial charge in [0.15, 0.2) is 0 Å². The molecule has 0 radical (unpaired) electrons. The van der Waals surface area contributed by atoms with E-state index in [0.717, 1.165) is 30.7 Å². The normalized spacial score (nSPS) is 20.2. The van der Waals surface area contributed by atoms with Gasteiger partial charge >= 0.3 is 0 Å². The highest BCUT2D eigenvalue weighted by atomic mass is 31.1. The zero-order valence-corrected chi connectivity index (χ0v) is 28.8. The molecule has 236 valence electrons. The van der Waals surface area contributed by atoms with Crippen LogP contribution in [0.1, 0.15) is 44.2 Å². The van der Waals surface area contributed by atoms with Crippen molar-refractivity contribution in [1.82, 2.24) is 4.90 Å². The molecule has 3 aliphatic rings. The molecule has 1 nitrogen and oxygen atoms in total. The lowest BCUT2D eigenvalue weighted by Crippen LogP contribution is -2.32. The summed E-state index contributed by atoms with van der Waals surface area (Å²) in [5.74, 6) is 0.